The van der Waals surface area contributed by atoms with Crippen LogP contribution in [0.25, 0.3) is 0 Å². The van der Waals surface area contributed by atoms with Gasteiger partial charge in [-0.1, -0.05) is 24.3 Å². The van der Waals surface area contributed by atoms with Crippen molar-refractivity contribution in [3.8, 4) is 0 Å². The van der Waals surface area contributed by atoms with E-state index in [0.717, 1.165) is 16.9 Å². The molecule has 4 N–H and O–H groups in total. The number of amides is 1. The smallest absolute Gasteiger partial charge is 0.404 e. The molecule has 0 aliphatic carbocycles. The first-order chi connectivity index (χ1) is 10.1. The zero-order valence-electron chi connectivity index (χ0n) is 11.5. The first kappa shape index (κ1) is 13.3. The molecule has 0 fully saturated rings. The highest BCUT2D eigenvalue weighted by atomic mass is 16.4. The van der Waals surface area contributed by atoms with Gasteiger partial charge in [0, 0.05) is 23.6 Å². The number of rotatable bonds is 2. The van der Waals surface area contributed by atoms with Crippen molar-refractivity contribution >= 4 is 23.2 Å². The molecule has 0 radical (unpaired) electrons. The van der Waals surface area contributed by atoms with Gasteiger partial charge in [0.2, 0.25) is 0 Å². The van der Waals surface area contributed by atoms with Crippen LogP contribution in [-0.4, -0.2) is 23.8 Å². The summed E-state index contributed by atoms with van der Waals surface area (Å²) in [5.41, 5.74) is 9.76. The number of benzene rings is 2. The first-order valence-electron chi connectivity index (χ1n) is 6.84. The molecule has 2 aromatic rings. The lowest BCUT2D eigenvalue weighted by Crippen LogP contribution is -2.46. The van der Waals surface area contributed by atoms with Crippen molar-refractivity contribution in [2.24, 2.45) is 0 Å². The van der Waals surface area contributed by atoms with Crippen LogP contribution in [-0.2, 0) is 6.42 Å². The number of carboxylic acid groups (broad SMARTS) is 1. The van der Waals surface area contributed by atoms with Crippen molar-refractivity contribution in [2.45, 2.75) is 12.5 Å². The number of nitrogens with one attached hydrogen (secondary N) is 1. The second-order valence-electron chi connectivity index (χ2n) is 5.18. The SMILES string of the molecule is Nc1cccc(N2CC(NC(=O)O)Cc3ccccc32)c1. The fraction of sp³-hybridized carbons (Fsp3) is 0.188. The lowest BCUT2D eigenvalue weighted by Gasteiger charge is -2.36. The number of carbonyl (C=O) groups is 1. The Morgan fingerprint density at radius 3 is 2.81 bits per heavy atom. The van der Waals surface area contributed by atoms with E-state index in [2.05, 4.69) is 16.3 Å². The van der Waals surface area contributed by atoms with Crippen LogP contribution in [0, 0.1) is 0 Å². The number of hydrogen-bond acceptors (Lipinski definition) is 3. The lowest BCUT2D eigenvalue weighted by molar-refractivity contribution is 0.190. The zero-order valence-corrected chi connectivity index (χ0v) is 11.5. The van der Waals surface area contributed by atoms with E-state index in [0.29, 0.717) is 18.7 Å². The third-order valence-corrected chi connectivity index (χ3v) is 3.66. The van der Waals surface area contributed by atoms with Crippen molar-refractivity contribution in [1.29, 1.82) is 0 Å². The maximum Gasteiger partial charge on any atom is 0.404 e. The molecule has 1 unspecified atom stereocenters. The Kier molecular flexibility index (Phi) is 3.39. The van der Waals surface area contributed by atoms with E-state index in [1.54, 1.807) is 0 Å². The standard InChI is InChI=1S/C16H17N3O2/c17-12-5-3-6-14(9-12)19-10-13(18-16(20)21)8-11-4-1-2-7-15(11)19/h1-7,9,13,18H,8,10,17H2,(H,20,21). The molecule has 5 nitrogen and oxygen atoms in total. The highest BCUT2D eigenvalue weighted by Crippen LogP contribution is 2.33. The van der Waals surface area contributed by atoms with Gasteiger partial charge in [0.15, 0.2) is 0 Å². The Balaban J connectivity index is 1.99. The summed E-state index contributed by atoms with van der Waals surface area (Å²) in [6, 6.07) is 15.5. The van der Waals surface area contributed by atoms with Gasteiger partial charge in [-0.2, -0.15) is 0 Å². The van der Waals surface area contributed by atoms with Crippen molar-refractivity contribution in [3.05, 3.63) is 54.1 Å². The van der Waals surface area contributed by atoms with Gasteiger partial charge in [0.05, 0.1) is 6.04 Å². The summed E-state index contributed by atoms with van der Waals surface area (Å²) >= 11 is 0. The Hall–Kier alpha value is -2.69. The third-order valence-electron chi connectivity index (χ3n) is 3.66. The normalized spacial score (nSPS) is 17.1. The maximum absolute atomic E-state index is 10.9. The summed E-state index contributed by atoms with van der Waals surface area (Å²) in [7, 11) is 0. The van der Waals surface area contributed by atoms with Gasteiger partial charge in [-0.15, -0.1) is 0 Å². The zero-order chi connectivity index (χ0) is 14.8. The van der Waals surface area contributed by atoms with Crippen molar-refractivity contribution < 1.29 is 9.90 Å². The molecule has 1 amide bonds. The molecule has 1 heterocycles. The quantitative estimate of drug-likeness (QED) is 0.740. The summed E-state index contributed by atoms with van der Waals surface area (Å²) in [6.07, 6.45) is -0.298. The van der Waals surface area contributed by atoms with E-state index in [1.165, 1.54) is 0 Å². The van der Waals surface area contributed by atoms with E-state index in [1.807, 2.05) is 42.5 Å². The molecule has 3 rings (SSSR count). The number of anilines is 3. The van der Waals surface area contributed by atoms with E-state index < -0.39 is 6.09 Å². The molecule has 1 atom stereocenters. The number of para-hydroxylation sites is 1. The average molecular weight is 283 g/mol. The summed E-state index contributed by atoms with van der Waals surface area (Å²) in [4.78, 5) is 13.0. The van der Waals surface area contributed by atoms with Gasteiger partial charge < -0.3 is 21.1 Å². The van der Waals surface area contributed by atoms with Gasteiger partial charge in [-0.3, -0.25) is 0 Å². The topological polar surface area (TPSA) is 78.6 Å². The number of nitrogen functional groups attached to an aromatic ring is 1. The molecule has 1 aliphatic rings. The molecule has 1 aliphatic heterocycles. The predicted molar refractivity (Wildman–Crippen MR) is 83.0 cm³/mol. The summed E-state index contributed by atoms with van der Waals surface area (Å²) < 4.78 is 0. The van der Waals surface area contributed by atoms with E-state index >= 15 is 0 Å². The lowest BCUT2D eigenvalue weighted by atomic mass is 9.97. The third kappa shape index (κ3) is 2.76. The summed E-state index contributed by atoms with van der Waals surface area (Å²) in [6.45, 7) is 0.590. The Morgan fingerprint density at radius 2 is 2.05 bits per heavy atom. The molecular formula is C16H17N3O2. The van der Waals surface area contributed by atoms with Crippen LogP contribution in [0.1, 0.15) is 5.56 Å². The second-order valence-corrected chi connectivity index (χ2v) is 5.18. The molecule has 21 heavy (non-hydrogen) atoms. The molecule has 108 valence electrons. The fourth-order valence-electron chi connectivity index (χ4n) is 2.80. The van der Waals surface area contributed by atoms with E-state index in [4.69, 9.17) is 10.8 Å². The first-order valence-corrected chi connectivity index (χ1v) is 6.84. The van der Waals surface area contributed by atoms with Gasteiger partial charge in [-0.05, 0) is 36.2 Å². The summed E-state index contributed by atoms with van der Waals surface area (Å²) in [5, 5.41) is 11.5. The van der Waals surface area contributed by atoms with Gasteiger partial charge in [-0.25, -0.2) is 4.79 Å². The molecule has 0 spiro atoms. The Labute approximate surface area is 123 Å². The maximum atomic E-state index is 10.9. The highest BCUT2D eigenvalue weighted by molar-refractivity contribution is 5.72. The predicted octanol–water partition coefficient (Wildman–Crippen LogP) is 2.60. The van der Waals surface area contributed by atoms with Crippen molar-refractivity contribution in [2.75, 3.05) is 17.2 Å². The van der Waals surface area contributed by atoms with E-state index in [-0.39, 0.29) is 6.04 Å². The number of nitrogens with zero attached hydrogens (tertiary/aromatic N) is 1. The van der Waals surface area contributed by atoms with E-state index in [9.17, 15) is 4.79 Å². The van der Waals surface area contributed by atoms with Crippen LogP contribution >= 0.6 is 0 Å². The van der Waals surface area contributed by atoms with Crippen LogP contribution in [0.5, 0.6) is 0 Å². The van der Waals surface area contributed by atoms with Gasteiger partial charge >= 0.3 is 6.09 Å². The molecule has 0 saturated heterocycles. The van der Waals surface area contributed by atoms with Crippen LogP contribution in [0.2, 0.25) is 0 Å². The van der Waals surface area contributed by atoms with Crippen molar-refractivity contribution in [3.63, 3.8) is 0 Å². The van der Waals surface area contributed by atoms with Crippen LogP contribution in [0.15, 0.2) is 48.5 Å². The minimum atomic E-state index is -0.994. The molecular weight excluding hydrogens is 266 g/mol. The summed E-state index contributed by atoms with van der Waals surface area (Å²) in [5.74, 6) is 0. The molecule has 0 saturated carbocycles. The van der Waals surface area contributed by atoms with Gasteiger partial charge in [0.25, 0.3) is 0 Å². The van der Waals surface area contributed by atoms with Gasteiger partial charge in [0.1, 0.15) is 0 Å². The molecule has 0 aromatic heterocycles. The van der Waals surface area contributed by atoms with Crippen LogP contribution in [0.3, 0.4) is 0 Å². The van der Waals surface area contributed by atoms with Crippen LogP contribution < -0.4 is 16.0 Å². The fourth-order valence-corrected chi connectivity index (χ4v) is 2.80. The Bertz CT molecular complexity index is 672. The van der Waals surface area contributed by atoms with Crippen LogP contribution in [0.4, 0.5) is 21.9 Å². The number of fused-ring (bicyclic) bond motifs is 1. The Morgan fingerprint density at radius 1 is 1.24 bits per heavy atom. The highest BCUT2D eigenvalue weighted by Gasteiger charge is 2.26. The van der Waals surface area contributed by atoms with Crippen molar-refractivity contribution in [1.82, 2.24) is 5.32 Å². The molecule has 0 bridgehead atoms. The number of hydrogen-bond donors (Lipinski definition) is 3. The molecule has 5 heteroatoms. The average Bonchev–Trinajstić information content (AvgIpc) is 2.46. The largest absolute Gasteiger partial charge is 0.465 e. The minimum Gasteiger partial charge on any atom is -0.465 e. The number of nitrogens with two attached hydrogens (primary N) is 1. The second kappa shape index (κ2) is 5.36. The minimum absolute atomic E-state index is 0.140. The monoisotopic (exact) mass is 283 g/mol. The molecule has 2 aromatic carbocycles.